The maximum atomic E-state index is 13.3. The number of alkyl halides is 3. The lowest BCUT2D eigenvalue weighted by Gasteiger charge is -2.28. The third-order valence-electron chi connectivity index (χ3n) is 6.59. The fourth-order valence-electron chi connectivity index (χ4n) is 4.75. The van der Waals surface area contributed by atoms with Gasteiger partial charge in [0.15, 0.2) is 0 Å². The van der Waals surface area contributed by atoms with Crippen molar-refractivity contribution in [1.29, 1.82) is 0 Å². The summed E-state index contributed by atoms with van der Waals surface area (Å²) in [6.45, 7) is -0.0903. The molecule has 4 N–H and O–H groups in total. The highest BCUT2D eigenvalue weighted by molar-refractivity contribution is 6.10. The summed E-state index contributed by atoms with van der Waals surface area (Å²) in [6.07, 6.45) is -1.58. The molecule has 1 aromatic carbocycles. The monoisotopic (exact) mass is 507 g/mol. The number of carbonyl (C=O) groups excluding carboxylic acids is 1. The number of nitrogen functional groups attached to an aromatic ring is 1. The molecule has 9 nitrogen and oxygen atoms in total. The molecule has 2 aliphatic rings. The van der Waals surface area contributed by atoms with Crippen molar-refractivity contribution < 1.29 is 32.6 Å². The van der Waals surface area contributed by atoms with Gasteiger partial charge in [0.1, 0.15) is 18.0 Å². The van der Waals surface area contributed by atoms with E-state index in [-0.39, 0.29) is 48.7 Å². The molecule has 0 radical (unpaired) electrons. The molecule has 4 rings (SSSR count). The zero-order valence-corrected chi connectivity index (χ0v) is 19.6. The molecule has 0 atom stereocenters. The number of nitrogens with zero attached hydrogens (tertiary/aromatic N) is 3. The SMILES string of the molecule is Nc1nc(NCCC(F)(F)F)nc2c1C(=O)N(c1ccc(C3CCC(CC(=O)O)CC3)cc1)CCO2. The third-order valence-corrected chi connectivity index (χ3v) is 6.59. The van der Waals surface area contributed by atoms with Crippen LogP contribution in [0.5, 0.6) is 5.88 Å². The molecule has 1 fully saturated rings. The number of carboxylic acids is 1. The Bertz CT molecular complexity index is 1100. The van der Waals surface area contributed by atoms with E-state index in [1.807, 2.05) is 24.3 Å². The number of aliphatic carboxylic acids is 1. The molecule has 0 bridgehead atoms. The van der Waals surface area contributed by atoms with E-state index in [1.54, 1.807) is 0 Å². The second kappa shape index (κ2) is 10.6. The maximum Gasteiger partial charge on any atom is 0.390 e. The lowest BCUT2D eigenvalue weighted by molar-refractivity contribution is -0.138. The number of aromatic nitrogens is 2. The molecule has 1 amide bonds. The van der Waals surface area contributed by atoms with Crippen LogP contribution in [0.15, 0.2) is 24.3 Å². The number of nitrogens with one attached hydrogen (secondary N) is 1. The van der Waals surface area contributed by atoms with Crippen LogP contribution in [0.1, 0.15) is 60.4 Å². The molecule has 12 heteroatoms. The number of halogens is 3. The molecule has 1 aromatic heterocycles. The van der Waals surface area contributed by atoms with Gasteiger partial charge in [0.05, 0.1) is 13.0 Å². The Morgan fingerprint density at radius 1 is 1.17 bits per heavy atom. The molecule has 0 spiro atoms. The first-order valence-corrected chi connectivity index (χ1v) is 11.9. The van der Waals surface area contributed by atoms with Crippen LogP contribution in [0.2, 0.25) is 0 Å². The van der Waals surface area contributed by atoms with E-state index in [4.69, 9.17) is 15.6 Å². The fourth-order valence-corrected chi connectivity index (χ4v) is 4.75. The van der Waals surface area contributed by atoms with Gasteiger partial charge in [-0.25, -0.2) is 0 Å². The number of carbonyl (C=O) groups is 2. The number of anilines is 3. The van der Waals surface area contributed by atoms with E-state index in [1.165, 1.54) is 4.90 Å². The van der Waals surface area contributed by atoms with Crippen LogP contribution < -0.4 is 20.7 Å². The van der Waals surface area contributed by atoms with Gasteiger partial charge in [0, 0.05) is 18.7 Å². The van der Waals surface area contributed by atoms with Crippen LogP contribution in [0, 0.1) is 5.92 Å². The number of benzene rings is 1. The van der Waals surface area contributed by atoms with Crippen LogP contribution in [-0.2, 0) is 4.79 Å². The molecule has 194 valence electrons. The van der Waals surface area contributed by atoms with Gasteiger partial charge in [0.25, 0.3) is 5.91 Å². The zero-order chi connectivity index (χ0) is 25.9. The highest BCUT2D eigenvalue weighted by atomic mass is 19.4. The van der Waals surface area contributed by atoms with Crippen molar-refractivity contribution in [2.45, 2.75) is 50.6 Å². The Hall–Kier alpha value is -3.57. The van der Waals surface area contributed by atoms with Crippen molar-refractivity contribution in [2.75, 3.05) is 35.6 Å². The normalized spacial score (nSPS) is 20.3. The average molecular weight is 508 g/mol. The number of carboxylic acid groups (broad SMARTS) is 1. The fraction of sp³-hybridized carbons (Fsp3) is 0.500. The van der Waals surface area contributed by atoms with Gasteiger partial charge in [-0.15, -0.1) is 0 Å². The summed E-state index contributed by atoms with van der Waals surface area (Å²) >= 11 is 0. The largest absolute Gasteiger partial charge is 0.481 e. The lowest BCUT2D eigenvalue weighted by Crippen LogP contribution is -2.32. The first-order chi connectivity index (χ1) is 17.1. The molecule has 0 saturated heterocycles. The van der Waals surface area contributed by atoms with Crippen LogP contribution in [-0.4, -0.2) is 52.8 Å². The summed E-state index contributed by atoms with van der Waals surface area (Å²) < 4.78 is 42.8. The second-order valence-corrected chi connectivity index (χ2v) is 9.12. The first-order valence-electron chi connectivity index (χ1n) is 11.9. The summed E-state index contributed by atoms with van der Waals surface area (Å²) in [5, 5.41) is 11.5. The summed E-state index contributed by atoms with van der Waals surface area (Å²) in [7, 11) is 0. The van der Waals surface area contributed by atoms with Crippen LogP contribution in [0.25, 0.3) is 0 Å². The van der Waals surface area contributed by atoms with E-state index >= 15 is 0 Å². The quantitative estimate of drug-likeness (QED) is 0.508. The highest BCUT2D eigenvalue weighted by Gasteiger charge is 2.31. The topological polar surface area (TPSA) is 131 Å². The molecule has 2 aromatic rings. The lowest BCUT2D eigenvalue weighted by atomic mass is 9.77. The Kier molecular flexibility index (Phi) is 7.51. The van der Waals surface area contributed by atoms with Crippen LogP contribution >= 0.6 is 0 Å². The predicted octanol–water partition coefficient (Wildman–Crippen LogP) is 4.21. The zero-order valence-electron chi connectivity index (χ0n) is 19.6. The van der Waals surface area contributed by atoms with E-state index < -0.39 is 31.0 Å². The number of hydrogen-bond acceptors (Lipinski definition) is 7. The van der Waals surface area contributed by atoms with Gasteiger partial charge in [-0.2, -0.15) is 23.1 Å². The highest BCUT2D eigenvalue weighted by Crippen LogP contribution is 2.38. The molecule has 36 heavy (non-hydrogen) atoms. The van der Waals surface area contributed by atoms with Crippen molar-refractivity contribution in [3.05, 3.63) is 35.4 Å². The van der Waals surface area contributed by atoms with Gasteiger partial charge in [-0.1, -0.05) is 12.1 Å². The number of amides is 1. The minimum absolute atomic E-state index is 0.0327. The number of fused-ring (bicyclic) bond motifs is 1. The van der Waals surface area contributed by atoms with E-state index in [0.717, 1.165) is 31.2 Å². The molecule has 1 aliphatic heterocycles. The Morgan fingerprint density at radius 2 is 1.86 bits per heavy atom. The summed E-state index contributed by atoms with van der Waals surface area (Å²) in [4.78, 5) is 33.8. The van der Waals surface area contributed by atoms with E-state index in [2.05, 4.69) is 15.3 Å². The van der Waals surface area contributed by atoms with E-state index in [9.17, 15) is 22.8 Å². The van der Waals surface area contributed by atoms with Crippen molar-refractivity contribution in [1.82, 2.24) is 9.97 Å². The predicted molar refractivity (Wildman–Crippen MR) is 126 cm³/mol. The smallest absolute Gasteiger partial charge is 0.390 e. The maximum absolute atomic E-state index is 13.3. The molecule has 0 unspecified atom stereocenters. The van der Waals surface area contributed by atoms with Gasteiger partial charge >= 0.3 is 12.1 Å². The van der Waals surface area contributed by atoms with Crippen LogP contribution in [0.4, 0.5) is 30.6 Å². The van der Waals surface area contributed by atoms with Crippen molar-refractivity contribution in [3.63, 3.8) is 0 Å². The van der Waals surface area contributed by atoms with Crippen molar-refractivity contribution in [2.24, 2.45) is 5.92 Å². The molecule has 1 saturated carbocycles. The standard InChI is InChI=1S/C24H28F3N5O4/c25-24(26,27)9-10-29-23-30-20(28)19-21(31-23)36-12-11-32(22(19)35)17-7-5-16(6-8-17)15-3-1-14(2-4-15)13-18(33)34/h5-8,14-15H,1-4,9-13H2,(H,33,34)(H3,28,29,30,31). The number of hydrogen-bond donors (Lipinski definition) is 3. The number of nitrogens with two attached hydrogens (primary N) is 1. The van der Waals surface area contributed by atoms with Gasteiger partial charge in [-0.05, 0) is 55.2 Å². The first kappa shape index (κ1) is 25.5. The Morgan fingerprint density at radius 3 is 2.50 bits per heavy atom. The van der Waals surface area contributed by atoms with Crippen molar-refractivity contribution in [3.8, 4) is 5.88 Å². The summed E-state index contributed by atoms with van der Waals surface area (Å²) in [5.41, 5.74) is 7.74. The minimum Gasteiger partial charge on any atom is -0.481 e. The number of rotatable bonds is 7. The molecule has 1 aliphatic carbocycles. The summed E-state index contributed by atoms with van der Waals surface area (Å²) in [5.74, 6) is -1.03. The Balaban J connectivity index is 1.44. The van der Waals surface area contributed by atoms with Gasteiger partial charge in [-0.3, -0.25) is 9.59 Å². The molecular weight excluding hydrogens is 479 g/mol. The van der Waals surface area contributed by atoms with Crippen LogP contribution in [0.3, 0.4) is 0 Å². The second-order valence-electron chi connectivity index (χ2n) is 9.12. The van der Waals surface area contributed by atoms with Gasteiger partial charge in [0.2, 0.25) is 11.8 Å². The minimum atomic E-state index is -4.33. The van der Waals surface area contributed by atoms with Gasteiger partial charge < -0.3 is 25.8 Å². The average Bonchev–Trinajstić information content (AvgIpc) is 2.97. The third kappa shape index (κ3) is 6.16. The van der Waals surface area contributed by atoms with Crippen molar-refractivity contribution >= 4 is 29.3 Å². The van der Waals surface area contributed by atoms with E-state index in [0.29, 0.717) is 11.6 Å². The Labute approximate surface area is 205 Å². The number of ether oxygens (including phenoxy) is 1. The summed E-state index contributed by atoms with van der Waals surface area (Å²) in [6, 6.07) is 7.66. The molecular formula is C24H28F3N5O4. The molecule has 2 heterocycles.